The molecule has 100 valence electrons. The van der Waals surface area contributed by atoms with Crippen LogP contribution in [0.1, 0.15) is 4.88 Å². The zero-order valence-corrected chi connectivity index (χ0v) is 11.6. The van der Waals surface area contributed by atoms with E-state index in [1.807, 2.05) is 30.3 Å². The van der Waals surface area contributed by atoms with E-state index in [1.54, 1.807) is 6.07 Å². The molecular weight excluding hydrogens is 284 g/mol. The fourth-order valence-corrected chi connectivity index (χ4v) is 2.51. The van der Waals surface area contributed by atoms with Crippen LogP contribution >= 0.6 is 22.9 Å². The summed E-state index contributed by atoms with van der Waals surface area (Å²) in [4.78, 5) is 11.8. The van der Waals surface area contributed by atoms with E-state index in [0.717, 1.165) is 14.9 Å². The summed E-state index contributed by atoms with van der Waals surface area (Å²) in [6, 6.07) is 11.2. The Bertz CT molecular complexity index is 571. The molecule has 2 aromatic rings. The average Bonchev–Trinajstić information content (AvgIpc) is 2.80. The summed E-state index contributed by atoms with van der Waals surface area (Å²) in [6.07, 6.45) is 0. The van der Waals surface area contributed by atoms with Gasteiger partial charge in [0.1, 0.15) is 5.75 Å². The number of hydrogen-bond acceptors (Lipinski definition) is 4. The SMILES string of the molecule is NC(=O)COc1cccc(NCc2ccc(Cl)s2)c1. The number of halogens is 1. The van der Waals surface area contributed by atoms with Crippen LogP contribution in [0.25, 0.3) is 0 Å². The summed E-state index contributed by atoms with van der Waals surface area (Å²) >= 11 is 7.40. The largest absolute Gasteiger partial charge is 0.484 e. The maximum absolute atomic E-state index is 10.6. The van der Waals surface area contributed by atoms with Crippen molar-refractivity contribution in [2.24, 2.45) is 5.73 Å². The molecule has 0 unspecified atom stereocenters. The average molecular weight is 297 g/mol. The second-order valence-electron chi connectivity index (χ2n) is 3.84. The van der Waals surface area contributed by atoms with Crippen molar-refractivity contribution in [1.29, 1.82) is 0 Å². The number of benzene rings is 1. The fraction of sp³-hybridized carbons (Fsp3) is 0.154. The van der Waals surface area contributed by atoms with Crippen molar-refractivity contribution < 1.29 is 9.53 Å². The molecular formula is C13H13ClN2O2S. The van der Waals surface area contributed by atoms with Gasteiger partial charge < -0.3 is 15.8 Å². The summed E-state index contributed by atoms with van der Waals surface area (Å²) in [5.41, 5.74) is 5.93. The first kappa shape index (κ1) is 13.7. The van der Waals surface area contributed by atoms with E-state index < -0.39 is 5.91 Å². The van der Waals surface area contributed by atoms with Crippen LogP contribution in [0.4, 0.5) is 5.69 Å². The molecule has 0 fully saturated rings. The molecule has 0 radical (unpaired) electrons. The van der Waals surface area contributed by atoms with E-state index in [0.29, 0.717) is 12.3 Å². The lowest BCUT2D eigenvalue weighted by Crippen LogP contribution is -2.20. The van der Waals surface area contributed by atoms with Gasteiger partial charge in [-0.25, -0.2) is 0 Å². The maximum Gasteiger partial charge on any atom is 0.255 e. The molecule has 0 aliphatic carbocycles. The molecule has 4 nitrogen and oxygen atoms in total. The molecule has 0 atom stereocenters. The molecule has 1 aromatic heterocycles. The first-order chi connectivity index (χ1) is 9.13. The zero-order chi connectivity index (χ0) is 13.7. The van der Waals surface area contributed by atoms with Gasteiger partial charge in [-0.3, -0.25) is 4.79 Å². The van der Waals surface area contributed by atoms with Gasteiger partial charge in [0.15, 0.2) is 6.61 Å². The van der Waals surface area contributed by atoms with E-state index in [4.69, 9.17) is 22.1 Å². The molecule has 1 aromatic carbocycles. The van der Waals surface area contributed by atoms with Crippen LogP contribution in [0.15, 0.2) is 36.4 Å². The van der Waals surface area contributed by atoms with Crippen LogP contribution in [0.3, 0.4) is 0 Å². The molecule has 3 N–H and O–H groups in total. The van der Waals surface area contributed by atoms with Crippen LogP contribution < -0.4 is 15.8 Å². The highest BCUT2D eigenvalue weighted by Crippen LogP contribution is 2.23. The van der Waals surface area contributed by atoms with E-state index in [1.165, 1.54) is 11.3 Å². The van der Waals surface area contributed by atoms with Crippen LogP contribution in [0.2, 0.25) is 4.34 Å². The van der Waals surface area contributed by atoms with E-state index in [-0.39, 0.29) is 6.61 Å². The number of amides is 1. The lowest BCUT2D eigenvalue weighted by molar-refractivity contribution is -0.119. The summed E-state index contributed by atoms with van der Waals surface area (Å²) in [7, 11) is 0. The molecule has 2 rings (SSSR count). The Morgan fingerprint density at radius 2 is 2.21 bits per heavy atom. The zero-order valence-electron chi connectivity index (χ0n) is 10.1. The van der Waals surface area contributed by atoms with Gasteiger partial charge in [0.2, 0.25) is 0 Å². The normalized spacial score (nSPS) is 10.2. The quantitative estimate of drug-likeness (QED) is 0.861. The third-order valence-corrected chi connectivity index (χ3v) is 3.54. The number of hydrogen-bond donors (Lipinski definition) is 2. The molecule has 0 aliphatic rings. The first-order valence-electron chi connectivity index (χ1n) is 5.63. The van der Waals surface area contributed by atoms with Crippen molar-refractivity contribution in [3.63, 3.8) is 0 Å². The topological polar surface area (TPSA) is 64.4 Å². The minimum Gasteiger partial charge on any atom is -0.484 e. The molecule has 19 heavy (non-hydrogen) atoms. The molecule has 6 heteroatoms. The number of nitrogens with two attached hydrogens (primary N) is 1. The lowest BCUT2D eigenvalue weighted by atomic mass is 10.3. The summed E-state index contributed by atoms with van der Waals surface area (Å²) in [5.74, 6) is 0.111. The predicted octanol–water partition coefficient (Wildman–Crippen LogP) is 2.88. The molecule has 0 saturated carbocycles. The molecule has 0 saturated heterocycles. The maximum atomic E-state index is 10.6. The minimum atomic E-state index is -0.494. The second-order valence-corrected chi connectivity index (χ2v) is 5.64. The third-order valence-electron chi connectivity index (χ3n) is 2.31. The number of carbonyl (C=O) groups excluding carboxylic acids is 1. The van der Waals surface area contributed by atoms with Crippen LogP contribution in [-0.4, -0.2) is 12.5 Å². The minimum absolute atomic E-state index is 0.121. The number of anilines is 1. The Balaban J connectivity index is 1.93. The van der Waals surface area contributed by atoms with Crippen molar-refractivity contribution >= 4 is 34.5 Å². The third kappa shape index (κ3) is 4.46. The van der Waals surface area contributed by atoms with Crippen molar-refractivity contribution in [2.75, 3.05) is 11.9 Å². The van der Waals surface area contributed by atoms with Crippen molar-refractivity contribution in [3.05, 3.63) is 45.6 Å². The Kier molecular flexibility index (Phi) is 4.65. The van der Waals surface area contributed by atoms with E-state index in [2.05, 4.69) is 5.32 Å². The highest BCUT2D eigenvalue weighted by Gasteiger charge is 2.01. The Hall–Kier alpha value is -1.72. The summed E-state index contributed by atoms with van der Waals surface area (Å²) < 4.78 is 6.00. The van der Waals surface area contributed by atoms with Crippen molar-refractivity contribution in [3.8, 4) is 5.75 Å². The first-order valence-corrected chi connectivity index (χ1v) is 6.82. The number of carbonyl (C=O) groups is 1. The Morgan fingerprint density at radius 1 is 1.37 bits per heavy atom. The number of primary amides is 1. The number of ether oxygens (including phenoxy) is 1. The van der Waals surface area contributed by atoms with Gasteiger partial charge in [-0.15, -0.1) is 11.3 Å². The number of thiophene rings is 1. The van der Waals surface area contributed by atoms with E-state index in [9.17, 15) is 4.79 Å². The predicted molar refractivity (Wildman–Crippen MR) is 77.8 cm³/mol. The van der Waals surface area contributed by atoms with Gasteiger partial charge in [-0.1, -0.05) is 17.7 Å². The highest BCUT2D eigenvalue weighted by atomic mass is 35.5. The Labute approximate surface area is 120 Å². The standard InChI is InChI=1S/C13H13ClN2O2S/c14-12-5-4-11(19-12)7-16-9-2-1-3-10(6-9)18-8-13(15)17/h1-6,16H,7-8H2,(H2,15,17). The molecule has 0 spiro atoms. The molecule has 1 amide bonds. The summed E-state index contributed by atoms with van der Waals surface area (Å²) in [5, 5.41) is 3.26. The van der Waals surface area contributed by atoms with E-state index >= 15 is 0 Å². The molecule has 0 bridgehead atoms. The van der Waals surface area contributed by atoms with Crippen molar-refractivity contribution in [2.45, 2.75) is 6.54 Å². The van der Waals surface area contributed by atoms with Gasteiger partial charge in [-0.2, -0.15) is 0 Å². The summed E-state index contributed by atoms with van der Waals surface area (Å²) in [6.45, 7) is 0.570. The monoisotopic (exact) mass is 296 g/mol. The lowest BCUT2D eigenvalue weighted by Gasteiger charge is -2.08. The number of nitrogens with one attached hydrogen (secondary N) is 1. The second kappa shape index (κ2) is 6.45. The van der Waals surface area contributed by atoms with Crippen LogP contribution in [0, 0.1) is 0 Å². The van der Waals surface area contributed by atoms with Crippen molar-refractivity contribution in [1.82, 2.24) is 0 Å². The van der Waals surface area contributed by atoms with Gasteiger partial charge in [-0.05, 0) is 24.3 Å². The van der Waals surface area contributed by atoms with Gasteiger partial charge >= 0.3 is 0 Å². The van der Waals surface area contributed by atoms with Crippen LogP contribution in [-0.2, 0) is 11.3 Å². The molecule has 1 heterocycles. The number of rotatable bonds is 6. The van der Waals surface area contributed by atoms with Gasteiger partial charge in [0.25, 0.3) is 5.91 Å². The van der Waals surface area contributed by atoms with Crippen LogP contribution in [0.5, 0.6) is 5.75 Å². The van der Waals surface area contributed by atoms with Gasteiger partial charge in [0.05, 0.1) is 4.34 Å². The molecule has 0 aliphatic heterocycles. The fourth-order valence-electron chi connectivity index (χ4n) is 1.49. The Morgan fingerprint density at radius 3 is 2.89 bits per heavy atom. The highest BCUT2D eigenvalue weighted by molar-refractivity contribution is 7.16. The smallest absolute Gasteiger partial charge is 0.255 e. The van der Waals surface area contributed by atoms with Gasteiger partial charge in [0, 0.05) is 23.2 Å².